The molecule has 1 unspecified atom stereocenters. The van der Waals surface area contributed by atoms with E-state index in [1.165, 1.54) is 17.7 Å². The zero-order valence-corrected chi connectivity index (χ0v) is 23.1. The van der Waals surface area contributed by atoms with Crippen LogP contribution in [0.1, 0.15) is 37.6 Å². The average Bonchev–Trinajstić information content (AvgIpc) is 3.37. The van der Waals surface area contributed by atoms with Gasteiger partial charge in [-0.25, -0.2) is 9.18 Å². The van der Waals surface area contributed by atoms with Crippen molar-refractivity contribution in [3.8, 4) is 5.69 Å². The quantitative estimate of drug-likeness (QED) is 0.469. The Morgan fingerprint density at radius 2 is 1.90 bits per heavy atom. The molecule has 0 saturated carbocycles. The van der Waals surface area contributed by atoms with Crippen molar-refractivity contribution in [2.45, 2.75) is 45.6 Å². The first-order chi connectivity index (χ1) is 19.3. The summed E-state index contributed by atoms with van der Waals surface area (Å²) in [6.45, 7) is 7.44. The molecule has 11 heteroatoms. The number of hydrogen-bond acceptors (Lipinski definition) is 6. The minimum atomic E-state index is -0.307. The number of hydrogen-bond donors (Lipinski definition) is 2. The van der Waals surface area contributed by atoms with Crippen molar-refractivity contribution in [2.75, 3.05) is 38.0 Å². The molecule has 40 heavy (non-hydrogen) atoms. The molecule has 2 saturated heterocycles. The van der Waals surface area contributed by atoms with Gasteiger partial charge in [-0.2, -0.15) is 4.68 Å². The third kappa shape index (κ3) is 7.01. The van der Waals surface area contributed by atoms with Gasteiger partial charge in [0.1, 0.15) is 5.82 Å². The predicted molar refractivity (Wildman–Crippen MR) is 149 cm³/mol. The van der Waals surface area contributed by atoms with Gasteiger partial charge in [-0.1, -0.05) is 18.2 Å². The first kappa shape index (κ1) is 27.7. The van der Waals surface area contributed by atoms with Crippen LogP contribution in [0.5, 0.6) is 0 Å². The number of carbonyl (C=O) groups excluding carboxylic acids is 2. The number of tetrazole rings is 1. The van der Waals surface area contributed by atoms with Crippen LogP contribution in [-0.2, 0) is 11.2 Å². The van der Waals surface area contributed by atoms with Crippen LogP contribution in [-0.4, -0.2) is 80.7 Å². The smallest absolute Gasteiger partial charge is 0.319 e. The summed E-state index contributed by atoms with van der Waals surface area (Å²) in [4.78, 5) is 29.6. The first-order valence-electron chi connectivity index (χ1n) is 14.0. The van der Waals surface area contributed by atoms with Gasteiger partial charge < -0.3 is 20.4 Å². The largest absolute Gasteiger partial charge is 0.341 e. The normalized spacial score (nSPS) is 21.7. The molecule has 1 aromatic heterocycles. The maximum atomic E-state index is 13.3. The Kier molecular flexibility index (Phi) is 8.69. The second kappa shape index (κ2) is 12.5. The molecule has 3 atom stereocenters. The number of piperidine rings is 2. The van der Waals surface area contributed by atoms with E-state index in [1.807, 2.05) is 48.2 Å². The fourth-order valence-electron chi connectivity index (χ4n) is 5.96. The van der Waals surface area contributed by atoms with Gasteiger partial charge >= 0.3 is 6.03 Å². The summed E-state index contributed by atoms with van der Waals surface area (Å²) < 4.78 is 14.9. The lowest BCUT2D eigenvalue weighted by atomic mass is 9.87. The van der Waals surface area contributed by atoms with Crippen LogP contribution in [0.3, 0.4) is 0 Å². The number of rotatable bonds is 7. The Balaban J connectivity index is 1.21. The first-order valence-corrected chi connectivity index (χ1v) is 14.0. The van der Waals surface area contributed by atoms with Crippen molar-refractivity contribution >= 4 is 17.6 Å². The number of aryl methyl sites for hydroxylation is 1. The van der Waals surface area contributed by atoms with Gasteiger partial charge in [0.25, 0.3) is 0 Å². The Hall–Kier alpha value is -3.86. The minimum Gasteiger partial charge on any atom is -0.341 e. The Morgan fingerprint density at radius 3 is 2.65 bits per heavy atom. The summed E-state index contributed by atoms with van der Waals surface area (Å²) in [7, 11) is 0. The number of amides is 3. The van der Waals surface area contributed by atoms with Crippen LogP contribution in [0.2, 0.25) is 0 Å². The number of anilines is 1. The van der Waals surface area contributed by atoms with E-state index in [4.69, 9.17) is 0 Å². The molecule has 2 aliphatic heterocycles. The maximum Gasteiger partial charge on any atom is 0.319 e. The van der Waals surface area contributed by atoms with Gasteiger partial charge in [0.2, 0.25) is 5.91 Å². The lowest BCUT2D eigenvalue weighted by molar-refractivity contribution is -0.130. The van der Waals surface area contributed by atoms with Crippen molar-refractivity contribution in [3.63, 3.8) is 0 Å². The molecule has 3 aromatic rings. The molecule has 5 rings (SSSR count). The van der Waals surface area contributed by atoms with Gasteiger partial charge in [0.05, 0.1) is 11.7 Å². The van der Waals surface area contributed by atoms with Gasteiger partial charge in [0.15, 0.2) is 5.82 Å². The zero-order chi connectivity index (χ0) is 28.1. The third-order valence-electron chi connectivity index (χ3n) is 8.03. The lowest BCUT2D eigenvalue weighted by Crippen LogP contribution is -2.57. The molecular weight excluding hydrogens is 511 g/mol. The van der Waals surface area contributed by atoms with E-state index in [0.29, 0.717) is 30.5 Å². The summed E-state index contributed by atoms with van der Waals surface area (Å²) in [5.41, 5.74) is 2.54. The summed E-state index contributed by atoms with van der Waals surface area (Å²) >= 11 is 0. The van der Waals surface area contributed by atoms with E-state index in [0.717, 1.165) is 51.0 Å². The standard InChI is InChI=1S/C29H37FN8O2/c1-20-33-34-35-38(20)27-7-3-6-26(16-27)31-29(40)32-28-19-37(21(2)39)14-12-24(28)18-36-13-4-5-23(17-36)15-22-8-10-25(30)11-9-22/h3,6-11,16,23-24,28H,4-5,12-15,17-19H2,1-2H3,(H2,31,32,40)/t23?,24-,28-/m0/s1. The number of nitrogens with one attached hydrogen (secondary N) is 2. The number of aromatic nitrogens is 4. The second-order valence-corrected chi connectivity index (χ2v) is 11.0. The Bertz CT molecular complexity index is 1310. The summed E-state index contributed by atoms with van der Waals surface area (Å²) in [6, 6.07) is 13.7. The zero-order valence-electron chi connectivity index (χ0n) is 23.1. The molecule has 0 aliphatic carbocycles. The number of nitrogens with zero attached hydrogens (tertiary/aromatic N) is 6. The van der Waals surface area contributed by atoms with Crippen molar-refractivity contribution in [1.82, 2.24) is 35.3 Å². The van der Waals surface area contributed by atoms with Crippen LogP contribution in [0, 0.1) is 24.6 Å². The number of halogens is 1. The SMILES string of the molecule is CC(=O)N1CC[C@@H](CN2CCCC(Cc3ccc(F)cc3)C2)[C@@H](NC(=O)Nc2cccc(-n3nnnc3C)c2)C1. The highest BCUT2D eigenvalue weighted by atomic mass is 19.1. The highest BCUT2D eigenvalue weighted by molar-refractivity contribution is 5.89. The van der Waals surface area contributed by atoms with E-state index < -0.39 is 0 Å². The highest BCUT2D eigenvalue weighted by Crippen LogP contribution is 2.25. The number of benzene rings is 2. The Labute approximate surface area is 233 Å². The van der Waals surface area contributed by atoms with E-state index in [2.05, 4.69) is 31.1 Å². The fraction of sp³-hybridized carbons (Fsp3) is 0.483. The van der Waals surface area contributed by atoms with Crippen molar-refractivity contribution in [1.29, 1.82) is 0 Å². The maximum absolute atomic E-state index is 13.3. The number of carbonyl (C=O) groups is 2. The third-order valence-corrected chi connectivity index (χ3v) is 8.03. The number of likely N-dealkylation sites (tertiary alicyclic amines) is 2. The summed E-state index contributed by atoms with van der Waals surface area (Å²) in [6.07, 6.45) is 4.04. The van der Waals surface area contributed by atoms with E-state index in [1.54, 1.807) is 11.6 Å². The predicted octanol–water partition coefficient (Wildman–Crippen LogP) is 3.42. The van der Waals surface area contributed by atoms with Crippen LogP contribution >= 0.6 is 0 Å². The number of urea groups is 1. The minimum absolute atomic E-state index is 0.0208. The van der Waals surface area contributed by atoms with Crippen molar-refractivity contribution in [2.24, 2.45) is 11.8 Å². The van der Waals surface area contributed by atoms with Gasteiger partial charge in [-0.15, -0.1) is 5.10 Å². The molecule has 2 fully saturated rings. The summed E-state index contributed by atoms with van der Waals surface area (Å²) in [5, 5.41) is 17.7. The monoisotopic (exact) mass is 548 g/mol. The van der Waals surface area contributed by atoms with Crippen LogP contribution in [0.4, 0.5) is 14.9 Å². The van der Waals surface area contributed by atoms with Crippen molar-refractivity contribution in [3.05, 3.63) is 65.7 Å². The van der Waals surface area contributed by atoms with Gasteiger partial charge in [-0.05, 0) is 97.3 Å². The molecule has 0 spiro atoms. The molecular formula is C29H37FN8O2. The van der Waals surface area contributed by atoms with Crippen LogP contribution in [0.25, 0.3) is 5.69 Å². The van der Waals surface area contributed by atoms with Gasteiger partial charge in [0, 0.05) is 38.8 Å². The topological polar surface area (TPSA) is 108 Å². The Morgan fingerprint density at radius 1 is 1.07 bits per heavy atom. The highest BCUT2D eigenvalue weighted by Gasteiger charge is 2.34. The molecule has 3 amide bonds. The molecule has 2 aromatic carbocycles. The lowest BCUT2D eigenvalue weighted by Gasteiger charge is -2.42. The van der Waals surface area contributed by atoms with E-state index >= 15 is 0 Å². The van der Waals surface area contributed by atoms with Crippen LogP contribution in [0.15, 0.2) is 48.5 Å². The average molecular weight is 549 g/mol. The molecule has 212 valence electrons. The second-order valence-electron chi connectivity index (χ2n) is 11.0. The summed E-state index contributed by atoms with van der Waals surface area (Å²) in [5.74, 6) is 1.20. The van der Waals surface area contributed by atoms with E-state index in [-0.39, 0.29) is 29.7 Å². The molecule has 10 nitrogen and oxygen atoms in total. The molecule has 0 bridgehead atoms. The molecule has 2 aliphatic rings. The molecule has 3 heterocycles. The molecule has 0 radical (unpaired) electrons. The van der Waals surface area contributed by atoms with Crippen LogP contribution < -0.4 is 10.6 Å². The van der Waals surface area contributed by atoms with Gasteiger partial charge in [-0.3, -0.25) is 4.79 Å². The van der Waals surface area contributed by atoms with E-state index in [9.17, 15) is 14.0 Å². The molecule has 2 N–H and O–H groups in total. The van der Waals surface area contributed by atoms with Crippen molar-refractivity contribution < 1.29 is 14.0 Å². The fourth-order valence-corrected chi connectivity index (χ4v) is 5.96.